The molecule has 0 radical (unpaired) electrons. The molecular formula is C37H51N3O5. The number of carbonyl (C=O) groups is 3. The van der Waals surface area contributed by atoms with E-state index in [0.717, 1.165) is 17.7 Å². The van der Waals surface area contributed by atoms with Gasteiger partial charge in [-0.25, -0.2) is 0 Å². The number of carbonyl (C=O) groups excluding carboxylic acids is 3. The van der Waals surface area contributed by atoms with Gasteiger partial charge in [0.05, 0.1) is 23.7 Å². The van der Waals surface area contributed by atoms with Crippen molar-refractivity contribution in [3.8, 4) is 5.75 Å². The fourth-order valence-electron chi connectivity index (χ4n) is 7.30. The third-order valence-electron chi connectivity index (χ3n) is 12.5. The van der Waals surface area contributed by atoms with E-state index in [2.05, 4.69) is 82.9 Å². The Morgan fingerprint density at radius 3 is 2.07 bits per heavy atom. The van der Waals surface area contributed by atoms with Gasteiger partial charge in [-0.3, -0.25) is 24.6 Å². The zero-order valence-corrected chi connectivity index (χ0v) is 29.2. The van der Waals surface area contributed by atoms with Crippen molar-refractivity contribution in [1.29, 1.82) is 0 Å². The van der Waals surface area contributed by atoms with Crippen molar-refractivity contribution < 1.29 is 23.9 Å². The van der Waals surface area contributed by atoms with Crippen molar-refractivity contribution in [2.75, 3.05) is 0 Å². The summed E-state index contributed by atoms with van der Waals surface area (Å²) in [5, 5.41) is 2.53. The van der Waals surface area contributed by atoms with E-state index in [4.69, 9.17) is 9.47 Å². The lowest BCUT2D eigenvalue weighted by molar-refractivity contribution is -0.253. The number of rotatable bonds is 6. The van der Waals surface area contributed by atoms with Crippen LogP contribution in [-0.2, 0) is 34.0 Å². The highest BCUT2D eigenvalue weighted by molar-refractivity contribution is 6.10. The summed E-state index contributed by atoms with van der Waals surface area (Å²) < 4.78 is 12.8. The lowest BCUT2D eigenvalue weighted by Gasteiger charge is -2.62. The molecule has 3 aliphatic heterocycles. The average molecular weight is 618 g/mol. The predicted octanol–water partition coefficient (Wildman–Crippen LogP) is 6.25. The summed E-state index contributed by atoms with van der Waals surface area (Å²) in [5.41, 5.74) is -0.0648. The van der Waals surface area contributed by atoms with E-state index >= 15 is 0 Å². The standard InChI is InChI=1S/C37H51N3O5/c1-23-33(4,5)40(35(8,9)36(10,11)45-23)20-24-16-18-25(19-17-24)22-44-28-15-13-14-26-27(28)21-39(29(26)41)37(12)31(43)38-30(42)32(2,3)34(37,6)7/h13-19,23H,20-22H2,1-12H3,(H,38,42,43). The van der Waals surface area contributed by atoms with Gasteiger partial charge in [0, 0.05) is 34.2 Å². The molecule has 2 saturated heterocycles. The van der Waals surface area contributed by atoms with Gasteiger partial charge in [0.1, 0.15) is 17.9 Å². The summed E-state index contributed by atoms with van der Waals surface area (Å²) in [4.78, 5) is 44.2. The van der Waals surface area contributed by atoms with Crippen LogP contribution in [0.2, 0.25) is 0 Å². The highest BCUT2D eigenvalue weighted by atomic mass is 16.5. The minimum Gasteiger partial charge on any atom is -0.489 e. The van der Waals surface area contributed by atoms with E-state index in [9.17, 15) is 14.4 Å². The average Bonchev–Trinajstić information content (AvgIpc) is 3.30. The number of piperidine rings is 1. The Kier molecular flexibility index (Phi) is 7.65. The normalized spacial score (nSPS) is 28.0. The molecule has 0 saturated carbocycles. The van der Waals surface area contributed by atoms with Gasteiger partial charge in [0.25, 0.3) is 11.8 Å². The number of amides is 3. The molecule has 8 heteroatoms. The van der Waals surface area contributed by atoms with Crippen LogP contribution in [0.25, 0.3) is 0 Å². The van der Waals surface area contributed by atoms with Crippen molar-refractivity contribution in [2.24, 2.45) is 10.8 Å². The number of hydrogen-bond acceptors (Lipinski definition) is 6. The maximum Gasteiger partial charge on any atom is 0.255 e. The monoisotopic (exact) mass is 617 g/mol. The molecule has 45 heavy (non-hydrogen) atoms. The number of imide groups is 1. The summed E-state index contributed by atoms with van der Waals surface area (Å²) >= 11 is 0. The molecule has 2 fully saturated rings. The number of nitrogens with one attached hydrogen (secondary N) is 1. The van der Waals surface area contributed by atoms with Crippen LogP contribution in [0, 0.1) is 10.8 Å². The molecule has 244 valence electrons. The first-order chi connectivity index (χ1) is 20.6. The summed E-state index contributed by atoms with van der Waals surface area (Å²) in [5.74, 6) is -0.400. The second-order valence-corrected chi connectivity index (χ2v) is 16.0. The van der Waals surface area contributed by atoms with E-state index < -0.39 is 22.3 Å². The molecule has 3 aliphatic rings. The first kappa shape index (κ1) is 33.1. The van der Waals surface area contributed by atoms with E-state index in [0.29, 0.717) is 17.9 Å². The quantitative estimate of drug-likeness (QED) is 0.386. The van der Waals surface area contributed by atoms with Crippen molar-refractivity contribution >= 4 is 17.7 Å². The van der Waals surface area contributed by atoms with Crippen LogP contribution >= 0.6 is 0 Å². The Balaban J connectivity index is 1.33. The lowest BCUT2D eigenvalue weighted by atomic mass is 9.54. The topological polar surface area (TPSA) is 88.2 Å². The summed E-state index contributed by atoms with van der Waals surface area (Å²) in [6, 6.07) is 14.0. The molecule has 0 aliphatic carbocycles. The molecule has 5 rings (SSSR count). The van der Waals surface area contributed by atoms with E-state index in [1.807, 2.05) is 39.8 Å². The van der Waals surface area contributed by atoms with Crippen LogP contribution < -0.4 is 10.1 Å². The van der Waals surface area contributed by atoms with Crippen molar-refractivity contribution in [3.63, 3.8) is 0 Å². The fourth-order valence-corrected chi connectivity index (χ4v) is 7.30. The van der Waals surface area contributed by atoms with E-state index in [1.165, 1.54) is 5.56 Å². The molecule has 2 aromatic rings. The van der Waals surface area contributed by atoms with Gasteiger partial charge in [0.2, 0.25) is 5.91 Å². The summed E-state index contributed by atoms with van der Waals surface area (Å²) in [7, 11) is 0. The number of benzene rings is 2. The largest absolute Gasteiger partial charge is 0.489 e. The molecule has 8 nitrogen and oxygen atoms in total. The second kappa shape index (κ2) is 10.4. The summed E-state index contributed by atoms with van der Waals surface area (Å²) in [6.07, 6.45) is 0.0822. The maximum atomic E-state index is 13.8. The Morgan fingerprint density at radius 1 is 0.844 bits per heavy atom. The van der Waals surface area contributed by atoms with Gasteiger partial charge in [-0.15, -0.1) is 0 Å². The second-order valence-electron chi connectivity index (χ2n) is 16.0. The Bertz CT molecular complexity index is 1540. The van der Waals surface area contributed by atoms with Gasteiger partial charge >= 0.3 is 0 Å². The minimum atomic E-state index is -1.25. The zero-order chi connectivity index (χ0) is 33.5. The molecule has 2 atom stereocenters. The van der Waals surface area contributed by atoms with Crippen molar-refractivity contribution in [3.05, 3.63) is 64.7 Å². The van der Waals surface area contributed by atoms with Crippen LogP contribution in [-0.4, -0.2) is 55.8 Å². The molecule has 2 unspecified atom stereocenters. The van der Waals surface area contributed by atoms with Crippen LogP contribution in [0.5, 0.6) is 5.75 Å². The number of morpholine rings is 1. The lowest BCUT2D eigenvalue weighted by Crippen LogP contribution is -2.75. The Hall–Kier alpha value is -3.23. The number of ether oxygens (including phenoxy) is 2. The van der Waals surface area contributed by atoms with Gasteiger partial charge in [-0.05, 0) is 78.6 Å². The number of hydrogen-bond donors (Lipinski definition) is 1. The Labute approximate surface area is 268 Å². The third kappa shape index (κ3) is 4.73. The van der Waals surface area contributed by atoms with Crippen LogP contribution in [0.15, 0.2) is 42.5 Å². The third-order valence-corrected chi connectivity index (χ3v) is 12.5. The van der Waals surface area contributed by atoms with Crippen LogP contribution in [0.1, 0.15) is 110 Å². The van der Waals surface area contributed by atoms with Gasteiger partial charge < -0.3 is 14.4 Å². The molecule has 0 spiro atoms. The molecule has 3 heterocycles. The molecule has 1 N–H and O–H groups in total. The van der Waals surface area contributed by atoms with E-state index in [1.54, 1.807) is 17.9 Å². The van der Waals surface area contributed by atoms with Crippen LogP contribution in [0.4, 0.5) is 0 Å². The number of nitrogens with zero attached hydrogens (tertiary/aromatic N) is 2. The molecule has 2 aromatic carbocycles. The Morgan fingerprint density at radius 2 is 1.44 bits per heavy atom. The minimum absolute atomic E-state index is 0.0822. The number of fused-ring (bicyclic) bond motifs is 1. The molecule has 0 aromatic heterocycles. The highest BCUT2D eigenvalue weighted by Crippen LogP contribution is 2.54. The first-order valence-electron chi connectivity index (χ1n) is 16.1. The first-order valence-corrected chi connectivity index (χ1v) is 16.1. The van der Waals surface area contributed by atoms with Crippen molar-refractivity contribution in [1.82, 2.24) is 15.1 Å². The van der Waals surface area contributed by atoms with Crippen LogP contribution in [0.3, 0.4) is 0 Å². The van der Waals surface area contributed by atoms with Crippen molar-refractivity contribution in [2.45, 2.75) is 131 Å². The molecule has 3 amide bonds. The summed E-state index contributed by atoms with van der Waals surface area (Å²) in [6.45, 7) is 26.1. The zero-order valence-electron chi connectivity index (χ0n) is 29.2. The smallest absolute Gasteiger partial charge is 0.255 e. The van der Waals surface area contributed by atoms with Gasteiger partial charge in [0.15, 0.2) is 0 Å². The molecule has 0 bridgehead atoms. The highest BCUT2D eigenvalue weighted by Gasteiger charge is 2.66. The van der Waals surface area contributed by atoms with Gasteiger partial charge in [-0.1, -0.05) is 58.0 Å². The SMILES string of the molecule is CC1OC(C)(C)C(C)(C)N(Cc2ccc(COc3cccc4c3CN(C3(C)C(=O)NC(=O)C(C)(C)C3(C)C)C4=O)cc2)C1(C)C. The van der Waals surface area contributed by atoms with E-state index in [-0.39, 0.29) is 41.1 Å². The molecular weight excluding hydrogens is 566 g/mol. The maximum absolute atomic E-state index is 13.8. The van der Waals surface area contributed by atoms with Gasteiger partial charge in [-0.2, -0.15) is 0 Å². The predicted molar refractivity (Wildman–Crippen MR) is 175 cm³/mol. The fraction of sp³-hybridized carbons (Fsp3) is 0.595.